The molecular weight excluding hydrogens is 446 g/mol. The van der Waals surface area contributed by atoms with Gasteiger partial charge in [0.05, 0.1) is 12.7 Å². The van der Waals surface area contributed by atoms with E-state index in [1.165, 1.54) is 17.3 Å². The number of hydrogen-bond acceptors (Lipinski definition) is 7. The van der Waals surface area contributed by atoms with Crippen molar-refractivity contribution in [2.24, 2.45) is 0 Å². The van der Waals surface area contributed by atoms with E-state index in [-0.39, 0.29) is 12.0 Å². The third kappa shape index (κ3) is 5.58. The number of hydrogen-bond donors (Lipinski definition) is 1. The van der Waals surface area contributed by atoms with Crippen molar-refractivity contribution in [3.05, 3.63) is 77.5 Å². The maximum Gasteiger partial charge on any atom is 0.263 e. The van der Waals surface area contributed by atoms with Gasteiger partial charge < -0.3 is 19.9 Å². The lowest BCUT2D eigenvalue weighted by atomic mass is 10.1. The maximum absolute atomic E-state index is 13.4. The number of ether oxygens (including phenoxy) is 1. The minimum absolute atomic E-state index is 0.000399. The number of thioether (sulfide) groups is 1. The topological polar surface area (TPSA) is 70.6 Å². The van der Waals surface area contributed by atoms with Crippen LogP contribution in [0.2, 0.25) is 0 Å². The molecule has 0 saturated carbocycles. The predicted molar refractivity (Wildman–Crippen MR) is 138 cm³/mol. The number of anilines is 2. The molecule has 0 fully saturated rings. The Bertz CT molecular complexity index is 1110. The molecule has 1 aliphatic heterocycles. The van der Waals surface area contributed by atoms with Crippen molar-refractivity contribution in [3.63, 3.8) is 0 Å². The van der Waals surface area contributed by atoms with Gasteiger partial charge in [0, 0.05) is 32.0 Å². The molecule has 0 spiro atoms. The Morgan fingerprint density at radius 1 is 1.15 bits per heavy atom. The third-order valence-electron chi connectivity index (χ3n) is 5.93. The Hall–Kier alpha value is -2.94. The zero-order chi connectivity index (χ0) is 23.9. The average Bonchev–Trinajstić information content (AvgIpc) is 3.00. The highest BCUT2D eigenvalue weighted by Crippen LogP contribution is 2.28. The summed E-state index contributed by atoms with van der Waals surface area (Å²) in [5.74, 6) is 0.600. The molecular formula is C26H31N5O2S. The lowest BCUT2D eigenvalue weighted by molar-refractivity contribution is 0.0344. The molecule has 0 radical (unpaired) electrons. The summed E-state index contributed by atoms with van der Waals surface area (Å²) >= 11 is 1.47. The molecule has 2 heterocycles. The zero-order valence-electron chi connectivity index (χ0n) is 19.9. The van der Waals surface area contributed by atoms with Crippen LogP contribution in [0, 0.1) is 0 Å². The van der Waals surface area contributed by atoms with E-state index < -0.39 is 0 Å². The number of likely N-dealkylation sites (N-methyl/N-ethyl adjacent to an activating group) is 1. The van der Waals surface area contributed by atoms with Crippen LogP contribution in [0.5, 0.6) is 0 Å². The second kappa shape index (κ2) is 11.5. The van der Waals surface area contributed by atoms with E-state index >= 15 is 0 Å². The number of nitrogens with one attached hydrogen (secondary N) is 1. The van der Waals surface area contributed by atoms with E-state index in [0.717, 1.165) is 24.2 Å². The molecule has 1 aliphatic rings. The molecule has 178 valence electrons. The molecule has 0 aliphatic carbocycles. The number of nitrogens with zero attached hydrogens (tertiary/aromatic N) is 4. The van der Waals surface area contributed by atoms with Gasteiger partial charge >= 0.3 is 0 Å². The van der Waals surface area contributed by atoms with Gasteiger partial charge in [0.15, 0.2) is 5.16 Å². The van der Waals surface area contributed by atoms with Gasteiger partial charge in [-0.15, -0.1) is 0 Å². The molecule has 1 amide bonds. The normalized spacial score (nSPS) is 14.6. The Balaban J connectivity index is 1.53. The number of rotatable bonds is 9. The second-order valence-corrected chi connectivity index (χ2v) is 9.02. The number of amides is 1. The van der Waals surface area contributed by atoms with Gasteiger partial charge in [-0.25, -0.2) is 9.97 Å². The van der Waals surface area contributed by atoms with Crippen LogP contribution in [0.4, 0.5) is 11.5 Å². The molecule has 1 aromatic heterocycles. The van der Waals surface area contributed by atoms with Gasteiger partial charge in [-0.3, -0.25) is 4.79 Å². The Morgan fingerprint density at radius 3 is 2.74 bits per heavy atom. The lowest BCUT2D eigenvalue weighted by Gasteiger charge is -2.22. The van der Waals surface area contributed by atoms with Crippen LogP contribution in [0.1, 0.15) is 34.0 Å². The molecule has 3 aromatic rings. The summed E-state index contributed by atoms with van der Waals surface area (Å²) in [4.78, 5) is 26.2. The Labute approximate surface area is 205 Å². The van der Waals surface area contributed by atoms with Gasteiger partial charge in [-0.05, 0) is 49.5 Å². The first-order chi connectivity index (χ1) is 16.6. The number of carbonyl (C=O) groups excluding carboxylic acids is 1. The van der Waals surface area contributed by atoms with Gasteiger partial charge in [0.25, 0.3) is 5.91 Å². The largest absolute Gasteiger partial charge is 0.369 e. The SMILES string of the molecule is CNCC[C@H](OCc1cccc(N2CCN(C)c3nc(SC)ncc3C2=O)c1)c1ccccc1. The molecule has 0 bridgehead atoms. The molecule has 1 N–H and O–H groups in total. The smallest absolute Gasteiger partial charge is 0.263 e. The Kier molecular flexibility index (Phi) is 8.16. The molecule has 7 nitrogen and oxygen atoms in total. The molecule has 1 atom stereocenters. The molecule has 2 aromatic carbocycles. The highest BCUT2D eigenvalue weighted by molar-refractivity contribution is 7.98. The van der Waals surface area contributed by atoms with Crippen LogP contribution in [0.25, 0.3) is 0 Å². The van der Waals surface area contributed by atoms with Crippen molar-refractivity contribution in [3.8, 4) is 0 Å². The average molecular weight is 478 g/mol. The van der Waals surface area contributed by atoms with Crippen LogP contribution in [0.3, 0.4) is 0 Å². The first kappa shape index (κ1) is 24.2. The maximum atomic E-state index is 13.4. The first-order valence-corrected chi connectivity index (χ1v) is 12.7. The summed E-state index contributed by atoms with van der Waals surface area (Å²) in [6.45, 7) is 2.59. The fraction of sp³-hybridized carbons (Fsp3) is 0.346. The highest BCUT2D eigenvalue weighted by atomic mass is 32.2. The summed E-state index contributed by atoms with van der Waals surface area (Å²) in [6, 6.07) is 18.3. The van der Waals surface area contributed by atoms with E-state index in [9.17, 15) is 4.79 Å². The van der Waals surface area contributed by atoms with Crippen molar-refractivity contribution in [1.82, 2.24) is 15.3 Å². The molecule has 8 heteroatoms. The molecule has 0 saturated heterocycles. The van der Waals surface area contributed by atoms with Crippen LogP contribution < -0.4 is 15.1 Å². The van der Waals surface area contributed by atoms with E-state index in [4.69, 9.17) is 4.74 Å². The van der Waals surface area contributed by atoms with Crippen LogP contribution in [-0.4, -0.2) is 55.9 Å². The number of benzene rings is 2. The molecule has 34 heavy (non-hydrogen) atoms. The van der Waals surface area contributed by atoms with Gasteiger partial charge in [-0.1, -0.05) is 54.2 Å². The van der Waals surface area contributed by atoms with Gasteiger partial charge in [-0.2, -0.15) is 0 Å². The van der Waals surface area contributed by atoms with E-state index in [2.05, 4.69) is 27.4 Å². The van der Waals surface area contributed by atoms with E-state index in [1.807, 2.05) is 72.6 Å². The summed E-state index contributed by atoms with van der Waals surface area (Å²) in [7, 11) is 3.91. The summed E-state index contributed by atoms with van der Waals surface area (Å²) in [6.07, 6.45) is 4.46. The summed E-state index contributed by atoms with van der Waals surface area (Å²) in [5, 5.41) is 3.87. The zero-order valence-corrected chi connectivity index (χ0v) is 20.7. The predicted octanol–water partition coefficient (Wildman–Crippen LogP) is 4.16. The summed E-state index contributed by atoms with van der Waals surface area (Å²) < 4.78 is 6.34. The third-order valence-corrected chi connectivity index (χ3v) is 6.49. The molecule has 4 rings (SSSR count). The minimum atomic E-state index is -0.0822. The van der Waals surface area contributed by atoms with E-state index in [0.29, 0.717) is 36.2 Å². The van der Waals surface area contributed by atoms with Crippen molar-refractivity contribution < 1.29 is 9.53 Å². The van der Waals surface area contributed by atoms with Crippen LogP contribution in [0.15, 0.2) is 66.0 Å². The lowest BCUT2D eigenvalue weighted by Crippen LogP contribution is -2.33. The monoisotopic (exact) mass is 477 g/mol. The Morgan fingerprint density at radius 2 is 1.97 bits per heavy atom. The van der Waals surface area contributed by atoms with Gasteiger partial charge in [0.1, 0.15) is 11.4 Å². The fourth-order valence-corrected chi connectivity index (χ4v) is 4.38. The fourth-order valence-electron chi connectivity index (χ4n) is 4.05. The van der Waals surface area contributed by atoms with Gasteiger partial charge in [0.2, 0.25) is 0 Å². The number of carbonyl (C=O) groups is 1. The first-order valence-electron chi connectivity index (χ1n) is 11.4. The summed E-state index contributed by atoms with van der Waals surface area (Å²) in [5.41, 5.74) is 3.58. The number of aromatic nitrogens is 2. The van der Waals surface area contributed by atoms with Crippen LogP contribution in [-0.2, 0) is 11.3 Å². The van der Waals surface area contributed by atoms with E-state index in [1.54, 1.807) is 6.20 Å². The quantitative estimate of drug-likeness (QED) is 0.366. The number of fused-ring (bicyclic) bond motifs is 1. The standard InChI is InChI=1S/C26H31N5O2S/c1-27-13-12-23(20-9-5-4-6-10-20)33-18-19-8-7-11-21(16-19)31-15-14-30(2)24-22(25(31)32)17-28-26(29-24)34-3/h4-11,16-17,23,27H,12-15,18H2,1-3H3/t23-/m0/s1. The van der Waals surface area contributed by atoms with Crippen molar-refractivity contribution in [2.45, 2.75) is 24.3 Å². The minimum Gasteiger partial charge on any atom is -0.369 e. The van der Waals surface area contributed by atoms with Crippen molar-refractivity contribution in [1.29, 1.82) is 0 Å². The van der Waals surface area contributed by atoms with Crippen molar-refractivity contribution >= 4 is 29.2 Å². The van der Waals surface area contributed by atoms with Crippen molar-refractivity contribution in [2.75, 3.05) is 49.8 Å². The van der Waals surface area contributed by atoms with Crippen LogP contribution >= 0.6 is 11.8 Å². The molecule has 0 unspecified atom stereocenters. The highest BCUT2D eigenvalue weighted by Gasteiger charge is 2.28. The second-order valence-electron chi connectivity index (χ2n) is 8.24.